The lowest BCUT2D eigenvalue weighted by atomic mass is 9.83. The van der Waals surface area contributed by atoms with Gasteiger partial charge >= 0.3 is 0 Å². The summed E-state index contributed by atoms with van der Waals surface area (Å²) in [6.45, 7) is 1.95. The molecule has 0 unspecified atom stereocenters. The Morgan fingerprint density at radius 1 is 0.882 bits per heavy atom. The molecule has 3 aromatic carbocycles. The van der Waals surface area contributed by atoms with E-state index < -0.39 is 23.9 Å². The molecule has 34 heavy (non-hydrogen) atoms. The minimum absolute atomic E-state index is 0.252. The van der Waals surface area contributed by atoms with Gasteiger partial charge in [-0.15, -0.1) is 0 Å². The molecule has 3 heterocycles. The second kappa shape index (κ2) is 7.64. The van der Waals surface area contributed by atoms with Gasteiger partial charge in [0, 0.05) is 10.6 Å². The van der Waals surface area contributed by atoms with E-state index in [2.05, 4.69) is 5.10 Å². The van der Waals surface area contributed by atoms with Crippen LogP contribution in [0.4, 0.5) is 5.69 Å². The molecule has 2 amide bonds. The van der Waals surface area contributed by atoms with Crippen molar-refractivity contribution in [1.29, 1.82) is 0 Å². The Kier molecular flexibility index (Phi) is 4.67. The number of amides is 2. The maximum Gasteiger partial charge on any atom is 0.240 e. The molecule has 0 spiro atoms. The van der Waals surface area contributed by atoms with Crippen molar-refractivity contribution in [3.63, 3.8) is 0 Å². The highest BCUT2D eigenvalue weighted by Gasteiger charge is 2.65. The highest BCUT2D eigenvalue weighted by atomic mass is 35.5. The van der Waals surface area contributed by atoms with Gasteiger partial charge in [0.05, 0.1) is 29.8 Å². The summed E-state index contributed by atoms with van der Waals surface area (Å²) in [5.74, 6) is -2.48. The van der Waals surface area contributed by atoms with Gasteiger partial charge in [-0.1, -0.05) is 53.6 Å². The van der Waals surface area contributed by atoms with Crippen LogP contribution in [0.15, 0.2) is 77.9 Å². The van der Waals surface area contributed by atoms with Gasteiger partial charge in [0.25, 0.3) is 0 Å². The summed E-state index contributed by atoms with van der Waals surface area (Å²) >= 11 is 6.02. The number of nitrogens with zero attached hydrogens (tertiary/aromatic N) is 3. The van der Waals surface area contributed by atoms with Crippen molar-refractivity contribution < 1.29 is 14.4 Å². The predicted molar refractivity (Wildman–Crippen MR) is 129 cm³/mol. The third-order valence-corrected chi connectivity index (χ3v) is 7.23. The quantitative estimate of drug-likeness (QED) is 0.421. The van der Waals surface area contributed by atoms with E-state index in [0.717, 1.165) is 16.7 Å². The molecule has 0 aliphatic carbocycles. The molecule has 7 heteroatoms. The Bertz CT molecular complexity index is 1370. The summed E-state index contributed by atoms with van der Waals surface area (Å²) in [6.07, 6.45) is 1.70. The molecule has 0 N–H and O–H groups in total. The number of halogens is 1. The molecule has 6 nitrogen and oxygen atoms in total. The first-order valence-electron chi connectivity index (χ1n) is 11.1. The highest BCUT2D eigenvalue weighted by molar-refractivity contribution is 6.30. The van der Waals surface area contributed by atoms with Gasteiger partial charge in [0.15, 0.2) is 5.78 Å². The lowest BCUT2D eigenvalue weighted by Gasteiger charge is -2.33. The summed E-state index contributed by atoms with van der Waals surface area (Å²) in [5.41, 5.74) is 3.76. The fourth-order valence-corrected chi connectivity index (χ4v) is 5.53. The summed E-state index contributed by atoms with van der Waals surface area (Å²) in [4.78, 5) is 42.6. The van der Waals surface area contributed by atoms with E-state index in [4.69, 9.17) is 11.6 Å². The Morgan fingerprint density at radius 3 is 2.29 bits per heavy atom. The summed E-state index contributed by atoms with van der Waals surface area (Å²) in [7, 11) is 0. The van der Waals surface area contributed by atoms with Gasteiger partial charge in [-0.3, -0.25) is 19.4 Å². The van der Waals surface area contributed by atoms with Crippen molar-refractivity contribution in [3.8, 4) is 0 Å². The molecular formula is C27H20ClN3O3. The monoisotopic (exact) mass is 469 g/mol. The number of anilines is 1. The van der Waals surface area contributed by atoms with Crippen LogP contribution >= 0.6 is 11.6 Å². The number of hydrogen-bond acceptors (Lipinski definition) is 5. The molecule has 0 saturated carbocycles. The number of hydrogen-bond donors (Lipinski definition) is 0. The smallest absolute Gasteiger partial charge is 0.240 e. The molecular weight excluding hydrogens is 450 g/mol. The largest absolute Gasteiger partial charge is 0.292 e. The minimum atomic E-state index is -0.896. The van der Waals surface area contributed by atoms with E-state index in [1.807, 2.05) is 43.3 Å². The zero-order valence-electron chi connectivity index (χ0n) is 18.3. The minimum Gasteiger partial charge on any atom is -0.292 e. The van der Waals surface area contributed by atoms with E-state index in [1.165, 1.54) is 4.90 Å². The van der Waals surface area contributed by atoms with Crippen LogP contribution < -0.4 is 4.90 Å². The van der Waals surface area contributed by atoms with E-state index in [1.54, 1.807) is 47.6 Å². The fraction of sp³-hybridized carbons (Fsp3) is 0.185. The lowest BCUT2D eigenvalue weighted by molar-refractivity contribution is -0.124. The molecule has 168 valence electrons. The third kappa shape index (κ3) is 2.95. The molecule has 4 atom stereocenters. The molecule has 3 aromatic rings. The molecule has 2 saturated heterocycles. The van der Waals surface area contributed by atoms with Crippen LogP contribution in [0.3, 0.4) is 0 Å². The van der Waals surface area contributed by atoms with Crippen LogP contribution in [-0.2, 0) is 9.59 Å². The zero-order chi connectivity index (χ0) is 23.6. The highest BCUT2D eigenvalue weighted by Crippen LogP contribution is 2.53. The van der Waals surface area contributed by atoms with Crippen molar-refractivity contribution in [2.45, 2.75) is 19.0 Å². The number of carbonyl (C=O) groups excluding carboxylic acids is 3. The van der Waals surface area contributed by atoms with Crippen LogP contribution in [-0.4, -0.2) is 34.9 Å². The maximum absolute atomic E-state index is 13.8. The van der Waals surface area contributed by atoms with Crippen molar-refractivity contribution in [2.75, 3.05) is 4.90 Å². The van der Waals surface area contributed by atoms with Crippen LogP contribution in [0.2, 0.25) is 5.02 Å². The van der Waals surface area contributed by atoms with Gasteiger partial charge in [0.1, 0.15) is 6.04 Å². The second-order valence-electron chi connectivity index (χ2n) is 8.91. The molecule has 2 fully saturated rings. The molecule has 3 aliphatic rings. The van der Waals surface area contributed by atoms with Gasteiger partial charge in [0.2, 0.25) is 11.8 Å². The molecule has 0 bridgehead atoms. The summed E-state index contributed by atoms with van der Waals surface area (Å²) < 4.78 is 0. The molecule has 3 aliphatic heterocycles. The van der Waals surface area contributed by atoms with Crippen molar-refractivity contribution >= 4 is 41.1 Å². The van der Waals surface area contributed by atoms with Crippen molar-refractivity contribution in [3.05, 3.63) is 100 Å². The van der Waals surface area contributed by atoms with Crippen molar-refractivity contribution in [1.82, 2.24) is 5.01 Å². The number of aryl methyl sites for hydroxylation is 1. The number of benzene rings is 3. The standard InChI is InChI=1S/C27H20ClN3O3/c1-15-6-12-19(13-7-15)30-26(33)21-22(27(30)34)24(25(32)16-8-10-18(28)11-9-16)31-23(21)20-5-3-2-4-17(20)14-29-31/h2-14,21-24H,1H3/t21-,22+,23-,24+/m0/s1. The van der Waals surface area contributed by atoms with E-state index in [-0.39, 0.29) is 17.6 Å². The SMILES string of the molecule is Cc1ccc(N2C(=O)[C@@H]3[C@H](C2=O)[C@@H]2c4ccccc4C=NN2[C@H]3C(=O)c2ccc(Cl)cc2)cc1. The van der Waals surface area contributed by atoms with Gasteiger partial charge in [-0.2, -0.15) is 5.10 Å². The topological polar surface area (TPSA) is 70.1 Å². The Labute approximate surface area is 201 Å². The summed E-state index contributed by atoms with van der Waals surface area (Å²) in [5, 5.41) is 6.76. The average molecular weight is 470 g/mol. The average Bonchev–Trinajstić information content (AvgIpc) is 3.32. The summed E-state index contributed by atoms with van der Waals surface area (Å²) in [6, 6.07) is 20.1. The third-order valence-electron chi connectivity index (χ3n) is 6.98. The fourth-order valence-electron chi connectivity index (χ4n) is 5.40. The van der Waals surface area contributed by atoms with Gasteiger partial charge in [-0.05, 0) is 54.4 Å². The normalized spacial score (nSPS) is 24.8. The van der Waals surface area contributed by atoms with E-state index in [0.29, 0.717) is 16.3 Å². The van der Waals surface area contributed by atoms with Crippen LogP contribution in [0.1, 0.15) is 33.1 Å². The first-order valence-corrected chi connectivity index (χ1v) is 11.5. The number of fused-ring (bicyclic) bond motifs is 5. The molecule has 0 radical (unpaired) electrons. The number of carbonyl (C=O) groups is 3. The number of Topliss-reactive ketones (excluding diaryl/α,β-unsaturated/α-hetero) is 1. The Balaban J connectivity index is 1.49. The van der Waals surface area contributed by atoms with Crippen LogP contribution in [0.5, 0.6) is 0 Å². The number of rotatable bonds is 3. The molecule has 6 rings (SSSR count). The van der Waals surface area contributed by atoms with Crippen LogP contribution in [0, 0.1) is 18.8 Å². The van der Waals surface area contributed by atoms with Gasteiger partial charge in [-0.25, -0.2) is 4.90 Å². The lowest BCUT2D eigenvalue weighted by Crippen LogP contribution is -2.44. The van der Waals surface area contributed by atoms with E-state index in [9.17, 15) is 14.4 Å². The Morgan fingerprint density at radius 2 is 1.56 bits per heavy atom. The molecule has 0 aromatic heterocycles. The zero-order valence-corrected chi connectivity index (χ0v) is 19.0. The number of ketones is 1. The first kappa shape index (κ1) is 20.8. The van der Waals surface area contributed by atoms with Crippen LogP contribution in [0.25, 0.3) is 0 Å². The Hall–Kier alpha value is -3.77. The number of imide groups is 1. The predicted octanol–water partition coefficient (Wildman–Crippen LogP) is 4.41. The van der Waals surface area contributed by atoms with Crippen molar-refractivity contribution in [2.24, 2.45) is 16.9 Å². The number of hydrazone groups is 1. The van der Waals surface area contributed by atoms with E-state index >= 15 is 0 Å². The first-order chi connectivity index (χ1) is 16.5. The second-order valence-corrected chi connectivity index (χ2v) is 9.35. The van der Waals surface area contributed by atoms with Gasteiger partial charge < -0.3 is 0 Å². The maximum atomic E-state index is 13.8.